The monoisotopic (exact) mass is 784 g/mol. The zero-order chi connectivity index (χ0) is 40.3. The lowest BCUT2D eigenvalue weighted by atomic mass is 9.80. The second-order valence-electron chi connectivity index (χ2n) is 16.7. The fraction of sp³-hybridized carbons (Fsp3) is 0.0690. The molecule has 0 amide bonds. The predicted octanol–water partition coefficient (Wildman–Crippen LogP) is 15.3. The Morgan fingerprint density at radius 1 is 0.517 bits per heavy atom. The van der Waals surface area contributed by atoms with Crippen molar-refractivity contribution >= 4 is 87.8 Å². The first-order chi connectivity index (χ1) is 29.4. The van der Waals surface area contributed by atoms with Crippen molar-refractivity contribution < 1.29 is 4.42 Å². The number of rotatable bonds is 4. The quantitative estimate of drug-likeness (QED) is 0.162. The minimum atomic E-state index is -0.228. The smallest absolute Gasteiger partial charge is 0.143 e. The zero-order valence-electron chi connectivity index (χ0n) is 33.8. The van der Waals surface area contributed by atoms with Crippen LogP contribution in [-0.4, -0.2) is 0 Å². The Morgan fingerprint density at radius 3 is 1.73 bits per heavy atom. The first-order valence-electron chi connectivity index (χ1n) is 20.8. The maximum atomic E-state index is 6.68. The molecule has 0 spiro atoms. The first-order valence-corrected chi connectivity index (χ1v) is 21.6. The molecule has 0 N–H and O–H groups in total. The van der Waals surface area contributed by atoms with Crippen molar-refractivity contribution in [1.29, 1.82) is 0 Å². The molecular weight excluding hydrogens is 745 g/mol. The highest BCUT2D eigenvalue weighted by molar-refractivity contribution is 7.18. The minimum absolute atomic E-state index is 0.228. The number of benzene rings is 9. The van der Waals surface area contributed by atoms with E-state index in [1.807, 2.05) is 17.4 Å². The molecule has 11 aromatic rings. The molecule has 0 bridgehead atoms. The number of allylic oxidation sites excluding steroid dienone is 1. The summed E-state index contributed by atoms with van der Waals surface area (Å²) in [5, 5.41) is 12.3. The third-order valence-corrected chi connectivity index (χ3v) is 14.4. The summed E-state index contributed by atoms with van der Waals surface area (Å²) in [6, 6.07) is 58.4. The standard InChI is InChI=1S/C58H40OS/c1-5-16-52-37(6-2)55-45-29-30-46-40-19-14-15-24-51(40)59-56(46)48(45)33-47(57(55)60-52)35-25-27-38-39-28-26-36(32-50(39)58(3,4)49(38)31-35)54-43-22-12-10-20-41(43)53(34-17-8-7-9-18-34)42-21-11-13-23-44(42)54/h5-33H,1H2,2-4H3/b37-6+,52-16+. The molecule has 2 aromatic heterocycles. The number of para-hydroxylation sites is 1. The van der Waals surface area contributed by atoms with Crippen LogP contribution in [0.1, 0.15) is 31.9 Å². The number of hydrogen-bond acceptors (Lipinski definition) is 2. The van der Waals surface area contributed by atoms with Gasteiger partial charge < -0.3 is 4.42 Å². The second-order valence-corrected chi connectivity index (χ2v) is 17.7. The summed E-state index contributed by atoms with van der Waals surface area (Å²) < 4.78 is 9.19. The van der Waals surface area contributed by atoms with Gasteiger partial charge in [-0.15, -0.1) is 11.3 Å². The summed E-state index contributed by atoms with van der Waals surface area (Å²) in [5.74, 6) is 0. The van der Waals surface area contributed by atoms with Crippen molar-refractivity contribution in [3.05, 3.63) is 191 Å². The SMILES string of the molecule is C=C/C=c1/sc2c(-c3ccc4c(c3)C(C)(C)c3cc(-c5c6ccccc6c(-c6ccccc6)c6ccccc56)ccc3-4)cc3c(ccc4c5ccccc5oc43)c2/c1=C/C. The summed E-state index contributed by atoms with van der Waals surface area (Å²) >= 11 is 1.85. The van der Waals surface area contributed by atoms with Gasteiger partial charge in [-0.2, -0.15) is 0 Å². The van der Waals surface area contributed by atoms with E-state index < -0.39 is 0 Å². The maximum Gasteiger partial charge on any atom is 0.143 e. The van der Waals surface area contributed by atoms with Crippen LogP contribution >= 0.6 is 11.3 Å². The molecule has 0 unspecified atom stereocenters. The number of hydrogen-bond donors (Lipinski definition) is 0. The van der Waals surface area contributed by atoms with E-state index in [2.05, 4.69) is 197 Å². The fourth-order valence-corrected chi connectivity index (χ4v) is 11.8. The molecule has 0 aliphatic heterocycles. The Labute approximate surface area is 352 Å². The van der Waals surface area contributed by atoms with Crippen molar-refractivity contribution in [2.24, 2.45) is 0 Å². The summed E-state index contributed by atoms with van der Waals surface area (Å²) in [4.78, 5) is 0. The van der Waals surface area contributed by atoms with Gasteiger partial charge in [0.1, 0.15) is 11.2 Å². The van der Waals surface area contributed by atoms with Gasteiger partial charge in [0.05, 0.1) is 0 Å². The van der Waals surface area contributed by atoms with Crippen LogP contribution in [0, 0.1) is 0 Å². The number of fused-ring (bicyclic) bond motifs is 12. The van der Waals surface area contributed by atoms with Gasteiger partial charge in [0, 0.05) is 41.8 Å². The van der Waals surface area contributed by atoms with Gasteiger partial charge in [0.15, 0.2) is 0 Å². The lowest BCUT2D eigenvalue weighted by Gasteiger charge is -2.23. The average molecular weight is 785 g/mol. The molecule has 1 aliphatic carbocycles. The van der Waals surface area contributed by atoms with Gasteiger partial charge in [0.2, 0.25) is 0 Å². The van der Waals surface area contributed by atoms with Crippen LogP contribution in [-0.2, 0) is 5.41 Å². The molecule has 1 nitrogen and oxygen atoms in total. The van der Waals surface area contributed by atoms with E-state index in [4.69, 9.17) is 4.42 Å². The van der Waals surface area contributed by atoms with E-state index in [0.717, 1.165) is 27.3 Å². The van der Waals surface area contributed by atoms with Crippen LogP contribution in [0.2, 0.25) is 0 Å². The summed E-state index contributed by atoms with van der Waals surface area (Å²) in [7, 11) is 0. The molecule has 12 rings (SSSR count). The summed E-state index contributed by atoms with van der Waals surface area (Å²) in [6.07, 6.45) is 6.31. The molecule has 9 aromatic carbocycles. The van der Waals surface area contributed by atoms with Crippen molar-refractivity contribution in [1.82, 2.24) is 0 Å². The van der Waals surface area contributed by atoms with Crippen LogP contribution in [0.3, 0.4) is 0 Å². The minimum Gasteiger partial charge on any atom is -0.455 e. The van der Waals surface area contributed by atoms with E-state index in [1.54, 1.807) is 0 Å². The van der Waals surface area contributed by atoms with Gasteiger partial charge in [-0.25, -0.2) is 0 Å². The van der Waals surface area contributed by atoms with E-state index in [0.29, 0.717) is 0 Å². The molecule has 2 heteroatoms. The van der Waals surface area contributed by atoms with Gasteiger partial charge in [-0.3, -0.25) is 0 Å². The van der Waals surface area contributed by atoms with E-state index in [-0.39, 0.29) is 5.41 Å². The number of furan rings is 1. The van der Waals surface area contributed by atoms with Gasteiger partial charge in [0.25, 0.3) is 0 Å². The molecule has 0 fully saturated rings. The molecule has 284 valence electrons. The van der Waals surface area contributed by atoms with Crippen molar-refractivity contribution in [3.8, 4) is 44.5 Å². The van der Waals surface area contributed by atoms with E-state index in [9.17, 15) is 0 Å². The first kappa shape index (κ1) is 35.0. The zero-order valence-corrected chi connectivity index (χ0v) is 34.6. The van der Waals surface area contributed by atoms with E-state index in [1.165, 1.54) is 102 Å². The summed E-state index contributed by atoms with van der Waals surface area (Å²) in [5.41, 5.74) is 14.5. The molecule has 1 aliphatic rings. The second kappa shape index (κ2) is 13.0. The van der Waals surface area contributed by atoms with Crippen LogP contribution in [0.4, 0.5) is 0 Å². The Hall–Kier alpha value is -7.00. The Kier molecular flexibility index (Phi) is 7.58. The predicted molar refractivity (Wildman–Crippen MR) is 260 cm³/mol. The van der Waals surface area contributed by atoms with Crippen LogP contribution in [0.25, 0.3) is 121 Å². The molecule has 0 saturated heterocycles. The topological polar surface area (TPSA) is 13.1 Å². The molecule has 0 saturated carbocycles. The van der Waals surface area contributed by atoms with Gasteiger partial charge in [-0.1, -0.05) is 160 Å². The highest BCUT2D eigenvalue weighted by Gasteiger charge is 2.36. The fourth-order valence-electron chi connectivity index (χ4n) is 10.4. The lowest BCUT2D eigenvalue weighted by molar-refractivity contribution is 0.661. The highest BCUT2D eigenvalue weighted by Crippen LogP contribution is 2.53. The van der Waals surface area contributed by atoms with Crippen LogP contribution in [0.15, 0.2) is 175 Å². The van der Waals surface area contributed by atoms with Crippen LogP contribution < -0.4 is 9.75 Å². The average Bonchev–Trinajstić information content (AvgIpc) is 3.93. The largest absolute Gasteiger partial charge is 0.455 e. The van der Waals surface area contributed by atoms with E-state index >= 15 is 0 Å². The van der Waals surface area contributed by atoms with Gasteiger partial charge >= 0.3 is 0 Å². The molecule has 0 atom stereocenters. The van der Waals surface area contributed by atoms with Gasteiger partial charge in [-0.05, 0) is 126 Å². The Balaban J connectivity index is 1.07. The Bertz CT molecular complexity index is 3710. The number of thiophene rings is 1. The van der Waals surface area contributed by atoms with Crippen molar-refractivity contribution in [3.63, 3.8) is 0 Å². The molecular formula is C58H40OS. The van der Waals surface area contributed by atoms with Crippen molar-refractivity contribution in [2.75, 3.05) is 0 Å². The maximum absolute atomic E-state index is 6.68. The third-order valence-electron chi connectivity index (χ3n) is 13.2. The summed E-state index contributed by atoms with van der Waals surface area (Å²) in [6.45, 7) is 11.0. The molecule has 0 radical (unpaired) electrons. The van der Waals surface area contributed by atoms with Crippen LogP contribution in [0.5, 0.6) is 0 Å². The lowest BCUT2D eigenvalue weighted by Crippen LogP contribution is -2.17. The molecule has 60 heavy (non-hydrogen) atoms. The Morgan fingerprint density at radius 2 is 1.08 bits per heavy atom. The highest BCUT2D eigenvalue weighted by atomic mass is 32.1. The van der Waals surface area contributed by atoms with Crippen molar-refractivity contribution in [2.45, 2.75) is 26.2 Å². The molecule has 2 heterocycles. The normalized spacial score (nSPS) is 14.0. The third kappa shape index (κ3) is 4.86.